The first-order chi connectivity index (χ1) is 9.67. The van der Waals surface area contributed by atoms with Crippen molar-refractivity contribution in [2.45, 2.75) is 31.7 Å². The van der Waals surface area contributed by atoms with Gasteiger partial charge in [-0.2, -0.15) is 0 Å². The highest BCUT2D eigenvalue weighted by atomic mass is 16.7. The van der Waals surface area contributed by atoms with E-state index < -0.39 is 0 Å². The highest BCUT2D eigenvalue weighted by molar-refractivity contribution is 5.44. The van der Waals surface area contributed by atoms with Crippen LogP contribution >= 0.6 is 0 Å². The van der Waals surface area contributed by atoms with E-state index in [2.05, 4.69) is 31.0 Å². The van der Waals surface area contributed by atoms with Gasteiger partial charge in [-0.15, -0.1) is 6.58 Å². The fourth-order valence-electron chi connectivity index (χ4n) is 2.26. The van der Waals surface area contributed by atoms with Crippen molar-refractivity contribution in [1.82, 2.24) is 5.32 Å². The van der Waals surface area contributed by atoms with E-state index in [1.165, 1.54) is 5.56 Å². The molecule has 1 atom stereocenters. The fourth-order valence-corrected chi connectivity index (χ4v) is 2.26. The van der Waals surface area contributed by atoms with Crippen molar-refractivity contribution < 1.29 is 9.47 Å². The van der Waals surface area contributed by atoms with Gasteiger partial charge in [0.15, 0.2) is 11.5 Å². The molecule has 1 unspecified atom stereocenters. The van der Waals surface area contributed by atoms with Gasteiger partial charge in [0.25, 0.3) is 0 Å². The molecule has 1 aromatic carbocycles. The zero-order valence-electron chi connectivity index (χ0n) is 12.2. The van der Waals surface area contributed by atoms with E-state index in [4.69, 9.17) is 15.2 Å². The average molecular weight is 276 g/mol. The van der Waals surface area contributed by atoms with Gasteiger partial charge < -0.3 is 20.5 Å². The highest BCUT2D eigenvalue weighted by Gasteiger charge is 2.21. The Morgan fingerprint density at radius 3 is 2.95 bits per heavy atom. The van der Waals surface area contributed by atoms with Crippen LogP contribution in [0.2, 0.25) is 0 Å². The van der Waals surface area contributed by atoms with Crippen LogP contribution in [-0.2, 0) is 6.42 Å². The van der Waals surface area contributed by atoms with Crippen LogP contribution in [0.1, 0.15) is 25.3 Å². The molecule has 0 amide bonds. The van der Waals surface area contributed by atoms with Crippen LogP contribution in [0.5, 0.6) is 11.5 Å². The Morgan fingerprint density at radius 2 is 2.20 bits per heavy atom. The number of hydrogen-bond donors (Lipinski definition) is 2. The van der Waals surface area contributed by atoms with Crippen molar-refractivity contribution in [3.8, 4) is 11.5 Å². The first kappa shape index (κ1) is 14.9. The zero-order valence-corrected chi connectivity index (χ0v) is 12.2. The standard InChI is InChI=1S/C16H24N2O2/c1-3-4-9-18-16(2,11-17)8-7-13-5-6-14-15(10-13)20-12-19-14/h3,5-6,10,18H,1,4,7-9,11-12,17H2,2H3. The maximum Gasteiger partial charge on any atom is 0.231 e. The molecule has 2 rings (SSSR count). The number of ether oxygens (including phenoxy) is 2. The van der Waals surface area contributed by atoms with E-state index in [0.717, 1.165) is 37.3 Å². The average Bonchev–Trinajstić information content (AvgIpc) is 2.93. The monoisotopic (exact) mass is 276 g/mol. The lowest BCUT2D eigenvalue weighted by Gasteiger charge is -2.29. The van der Waals surface area contributed by atoms with Crippen LogP contribution in [0.3, 0.4) is 0 Å². The lowest BCUT2D eigenvalue weighted by Crippen LogP contribution is -2.49. The zero-order chi connectivity index (χ0) is 14.4. The van der Waals surface area contributed by atoms with Crippen LogP contribution in [0.15, 0.2) is 30.9 Å². The summed E-state index contributed by atoms with van der Waals surface area (Å²) in [5.41, 5.74) is 7.12. The van der Waals surface area contributed by atoms with E-state index in [9.17, 15) is 0 Å². The van der Waals surface area contributed by atoms with E-state index >= 15 is 0 Å². The Morgan fingerprint density at radius 1 is 1.40 bits per heavy atom. The Kier molecular flexibility index (Phi) is 5.04. The van der Waals surface area contributed by atoms with E-state index in [0.29, 0.717) is 13.3 Å². The molecule has 0 radical (unpaired) electrons. The van der Waals surface area contributed by atoms with Gasteiger partial charge in [-0.05, 0) is 50.4 Å². The van der Waals surface area contributed by atoms with Gasteiger partial charge in [-0.25, -0.2) is 0 Å². The molecule has 1 aliphatic heterocycles. The summed E-state index contributed by atoms with van der Waals surface area (Å²) in [5, 5.41) is 3.52. The largest absolute Gasteiger partial charge is 0.454 e. The smallest absolute Gasteiger partial charge is 0.231 e. The molecular weight excluding hydrogens is 252 g/mol. The minimum absolute atomic E-state index is 0.0423. The first-order valence-corrected chi connectivity index (χ1v) is 7.11. The van der Waals surface area contributed by atoms with Crippen LogP contribution in [0, 0.1) is 0 Å². The van der Waals surface area contributed by atoms with Crippen molar-refractivity contribution in [2.24, 2.45) is 5.73 Å². The summed E-state index contributed by atoms with van der Waals surface area (Å²) >= 11 is 0. The second-order valence-electron chi connectivity index (χ2n) is 5.46. The predicted octanol–water partition coefficient (Wildman–Crippen LogP) is 2.23. The maximum absolute atomic E-state index is 5.91. The molecule has 0 saturated carbocycles. The molecule has 0 aliphatic carbocycles. The molecule has 1 aliphatic rings. The molecule has 0 fully saturated rings. The molecule has 4 nitrogen and oxygen atoms in total. The van der Waals surface area contributed by atoms with Gasteiger partial charge in [0, 0.05) is 12.1 Å². The van der Waals surface area contributed by atoms with Crippen molar-refractivity contribution in [3.63, 3.8) is 0 Å². The Hall–Kier alpha value is -1.52. The Bertz CT molecular complexity index is 462. The van der Waals surface area contributed by atoms with E-state index in [1.807, 2.05) is 12.1 Å². The van der Waals surface area contributed by atoms with Crippen molar-refractivity contribution in [2.75, 3.05) is 19.9 Å². The number of nitrogens with one attached hydrogen (secondary N) is 1. The quantitative estimate of drug-likeness (QED) is 0.565. The van der Waals surface area contributed by atoms with Gasteiger partial charge in [-0.3, -0.25) is 0 Å². The number of aryl methyl sites for hydroxylation is 1. The molecule has 110 valence electrons. The van der Waals surface area contributed by atoms with Gasteiger partial charge in [0.05, 0.1) is 0 Å². The Balaban J connectivity index is 1.90. The molecule has 4 heteroatoms. The number of fused-ring (bicyclic) bond motifs is 1. The summed E-state index contributed by atoms with van der Waals surface area (Å²) in [5.74, 6) is 1.68. The normalized spacial score (nSPS) is 15.9. The van der Waals surface area contributed by atoms with Crippen LogP contribution < -0.4 is 20.5 Å². The van der Waals surface area contributed by atoms with Crippen LogP contribution in [-0.4, -0.2) is 25.4 Å². The second kappa shape index (κ2) is 6.77. The third-order valence-electron chi connectivity index (χ3n) is 3.75. The number of benzene rings is 1. The number of nitrogens with two attached hydrogens (primary N) is 1. The summed E-state index contributed by atoms with van der Waals surface area (Å²) in [6, 6.07) is 6.12. The third-order valence-corrected chi connectivity index (χ3v) is 3.75. The SMILES string of the molecule is C=CCCNC(C)(CN)CCc1ccc2c(c1)OCO2. The maximum atomic E-state index is 5.91. The van der Waals surface area contributed by atoms with Crippen LogP contribution in [0.4, 0.5) is 0 Å². The minimum atomic E-state index is -0.0423. The molecule has 1 heterocycles. The van der Waals surface area contributed by atoms with Gasteiger partial charge in [0.2, 0.25) is 6.79 Å². The van der Waals surface area contributed by atoms with Crippen molar-refractivity contribution in [3.05, 3.63) is 36.4 Å². The summed E-state index contributed by atoms with van der Waals surface area (Å²) in [6.07, 6.45) is 4.83. The number of hydrogen-bond acceptors (Lipinski definition) is 4. The van der Waals surface area contributed by atoms with E-state index in [1.54, 1.807) is 0 Å². The molecule has 0 bridgehead atoms. The molecule has 1 aromatic rings. The predicted molar refractivity (Wildman–Crippen MR) is 81.2 cm³/mol. The first-order valence-electron chi connectivity index (χ1n) is 7.11. The number of rotatable bonds is 8. The van der Waals surface area contributed by atoms with Gasteiger partial charge in [-0.1, -0.05) is 12.1 Å². The Labute approximate surface area is 121 Å². The second-order valence-corrected chi connectivity index (χ2v) is 5.46. The molecule has 20 heavy (non-hydrogen) atoms. The minimum Gasteiger partial charge on any atom is -0.454 e. The van der Waals surface area contributed by atoms with Crippen molar-refractivity contribution in [1.29, 1.82) is 0 Å². The molecule has 0 spiro atoms. The highest BCUT2D eigenvalue weighted by Crippen LogP contribution is 2.33. The van der Waals surface area contributed by atoms with Crippen molar-refractivity contribution >= 4 is 0 Å². The topological polar surface area (TPSA) is 56.5 Å². The summed E-state index contributed by atoms with van der Waals surface area (Å²) < 4.78 is 10.7. The molecule has 0 aromatic heterocycles. The van der Waals surface area contributed by atoms with Gasteiger partial charge in [0.1, 0.15) is 0 Å². The lowest BCUT2D eigenvalue weighted by atomic mass is 9.93. The molecule has 0 saturated heterocycles. The van der Waals surface area contributed by atoms with Crippen LogP contribution in [0.25, 0.3) is 0 Å². The molecule has 3 N–H and O–H groups in total. The lowest BCUT2D eigenvalue weighted by molar-refractivity contribution is 0.174. The summed E-state index contributed by atoms with van der Waals surface area (Å²) in [4.78, 5) is 0. The van der Waals surface area contributed by atoms with E-state index in [-0.39, 0.29) is 5.54 Å². The third kappa shape index (κ3) is 3.74. The summed E-state index contributed by atoms with van der Waals surface area (Å²) in [6.45, 7) is 7.76. The molecular formula is C16H24N2O2. The van der Waals surface area contributed by atoms with Gasteiger partial charge >= 0.3 is 0 Å². The fraction of sp³-hybridized carbons (Fsp3) is 0.500. The summed E-state index contributed by atoms with van der Waals surface area (Å²) in [7, 11) is 0.